The number of nitrogens with one attached hydrogen (secondary N) is 1. The van der Waals surface area contributed by atoms with Gasteiger partial charge in [-0.2, -0.15) is 4.98 Å². The number of rotatable bonds is 5. The van der Waals surface area contributed by atoms with Crippen LogP contribution in [0.4, 0.5) is 4.39 Å². The second-order valence-electron chi connectivity index (χ2n) is 6.12. The molecule has 0 saturated carbocycles. The van der Waals surface area contributed by atoms with E-state index in [2.05, 4.69) is 15.5 Å². The molecule has 0 atom stereocenters. The fraction of sp³-hybridized carbons (Fsp3) is 0.0455. The molecule has 0 aliphatic heterocycles. The Balaban J connectivity index is 1.40. The molecule has 4 aromatic rings. The first-order valence-electron chi connectivity index (χ1n) is 8.72. The molecular weight excluding hydrogens is 357 g/mol. The summed E-state index contributed by atoms with van der Waals surface area (Å²) in [6.45, 7) is 0.0563. The fourth-order valence-electron chi connectivity index (χ4n) is 2.78. The predicted octanol–water partition coefficient (Wildman–Crippen LogP) is 4.47. The minimum absolute atomic E-state index is 0.0563. The van der Waals surface area contributed by atoms with Gasteiger partial charge in [0.25, 0.3) is 5.91 Å². The molecule has 1 amide bonds. The lowest BCUT2D eigenvalue weighted by molar-refractivity contribution is 0.0946. The lowest BCUT2D eigenvalue weighted by atomic mass is 10.0. The molecule has 0 unspecified atom stereocenters. The Morgan fingerprint density at radius 3 is 2.32 bits per heavy atom. The molecule has 28 heavy (non-hydrogen) atoms. The monoisotopic (exact) mass is 373 g/mol. The topological polar surface area (TPSA) is 68.0 Å². The summed E-state index contributed by atoms with van der Waals surface area (Å²) in [4.78, 5) is 16.5. The zero-order valence-corrected chi connectivity index (χ0v) is 14.8. The summed E-state index contributed by atoms with van der Waals surface area (Å²) in [5.74, 6) is -0.343. The van der Waals surface area contributed by atoms with Gasteiger partial charge in [0.1, 0.15) is 5.82 Å². The van der Waals surface area contributed by atoms with E-state index in [4.69, 9.17) is 4.52 Å². The van der Waals surface area contributed by atoms with Gasteiger partial charge in [-0.15, -0.1) is 0 Å². The molecule has 0 aliphatic carbocycles. The predicted molar refractivity (Wildman–Crippen MR) is 103 cm³/mol. The highest BCUT2D eigenvalue weighted by Gasteiger charge is 2.13. The summed E-state index contributed by atoms with van der Waals surface area (Å²) in [7, 11) is 0. The van der Waals surface area contributed by atoms with Crippen molar-refractivity contribution in [2.24, 2.45) is 0 Å². The van der Waals surface area contributed by atoms with Crippen LogP contribution in [0, 0.1) is 5.82 Å². The maximum absolute atomic E-state index is 13.8. The number of amides is 1. The lowest BCUT2D eigenvalue weighted by Gasteiger charge is -2.05. The van der Waals surface area contributed by atoms with Gasteiger partial charge in [0, 0.05) is 5.56 Å². The van der Waals surface area contributed by atoms with Crippen molar-refractivity contribution < 1.29 is 13.7 Å². The largest absolute Gasteiger partial charge is 0.343 e. The number of carbonyl (C=O) groups is 1. The first-order chi connectivity index (χ1) is 13.7. The van der Waals surface area contributed by atoms with E-state index >= 15 is 0 Å². The Kier molecular flexibility index (Phi) is 4.93. The standard InChI is InChI=1S/C22H16FN3O2/c23-19-9-5-4-8-18(19)21-25-20(28-26-21)14-24-22(27)17-12-10-16(11-13-17)15-6-2-1-3-7-15/h1-13H,14H2,(H,24,27). The molecule has 3 aromatic carbocycles. The minimum Gasteiger partial charge on any atom is -0.343 e. The smallest absolute Gasteiger partial charge is 0.251 e. The van der Waals surface area contributed by atoms with E-state index in [9.17, 15) is 9.18 Å². The molecule has 5 nitrogen and oxygen atoms in total. The van der Waals surface area contributed by atoms with Gasteiger partial charge in [-0.1, -0.05) is 59.8 Å². The fourth-order valence-corrected chi connectivity index (χ4v) is 2.78. The summed E-state index contributed by atoms with van der Waals surface area (Å²) in [5.41, 5.74) is 2.89. The van der Waals surface area contributed by atoms with Crippen LogP contribution in [0.15, 0.2) is 83.4 Å². The molecule has 0 radical (unpaired) electrons. The molecule has 0 aliphatic rings. The Labute approximate surface area is 160 Å². The van der Waals surface area contributed by atoms with Crippen LogP contribution in [0.2, 0.25) is 0 Å². The van der Waals surface area contributed by atoms with Crippen LogP contribution in [0.1, 0.15) is 16.2 Å². The third kappa shape index (κ3) is 3.81. The molecule has 0 bridgehead atoms. The van der Waals surface area contributed by atoms with Crippen molar-refractivity contribution in [2.75, 3.05) is 0 Å². The van der Waals surface area contributed by atoms with E-state index in [1.54, 1.807) is 30.3 Å². The van der Waals surface area contributed by atoms with Crippen LogP contribution in [0.5, 0.6) is 0 Å². The quantitative estimate of drug-likeness (QED) is 0.560. The van der Waals surface area contributed by atoms with Gasteiger partial charge >= 0.3 is 0 Å². The maximum Gasteiger partial charge on any atom is 0.251 e. The van der Waals surface area contributed by atoms with Crippen molar-refractivity contribution in [2.45, 2.75) is 6.54 Å². The van der Waals surface area contributed by atoms with Crippen molar-refractivity contribution in [3.63, 3.8) is 0 Å². The van der Waals surface area contributed by atoms with Crippen LogP contribution in [-0.2, 0) is 6.54 Å². The highest BCUT2D eigenvalue weighted by molar-refractivity contribution is 5.94. The molecular formula is C22H16FN3O2. The average Bonchev–Trinajstić information content (AvgIpc) is 3.22. The number of benzene rings is 3. The maximum atomic E-state index is 13.8. The molecule has 138 valence electrons. The third-order valence-electron chi connectivity index (χ3n) is 4.24. The van der Waals surface area contributed by atoms with Crippen LogP contribution in [0.25, 0.3) is 22.5 Å². The number of hydrogen-bond donors (Lipinski definition) is 1. The van der Waals surface area contributed by atoms with Gasteiger partial charge in [-0.25, -0.2) is 4.39 Å². The number of halogens is 1. The van der Waals surface area contributed by atoms with Crippen molar-refractivity contribution in [1.29, 1.82) is 0 Å². The summed E-state index contributed by atoms with van der Waals surface area (Å²) < 4.78 is 18.9. The van der Waals surface area contributed by atoms with Gasteiger partial charge in [-0.05, 0) is 35.4 Å². The van der Waals surface area contributed by atoms with Gasteiger partial charge in [-0.3, -0.25) is 4.79 Å². The molecule has 0 fully saturated rings. The third-order valence-corrected chi connectivity index (χ3v) is 4.24. The summed E-state index contributed by atoms with van der Waals surface area (Å²) in [6, 6.07) is 23.4. The average molecular weight is 373 g/mol. The first-order valence-corrected chi connectivity index (χ1v) is 8.72. The molecule has 1 N–H and O–H groups in total. The number of aromatic nitrogens is 2. The van der Waals surface area contributed by atoms with E-state index in [-0.39, 0.29) is 29.7 Å². The second-order valence-corrected chi connectivity index (χ2v) is 6.12. The van der Waals surface area contributed by atoms with Crippen molar-refractivity contribution in [3.05, 3.63) is 96.1 Å². The van der Waals surface area contributed by atoms with Gasteiger partial charge in [0.05, 0.1) is 12.1 Å². The zero-order chi connectivity index (χ0) is 19.3. The second kappa shape index (κ2) is 7.84. The van der Waals surface area contributed by atoms with Crippen LogP contribution >= 0.6 is 0 Å². The van der Waals surface area contributed by atoms with Crippen molar-refractivity contribution >= 4 is 5.91 Å². The van der Waals surface area contributed by atoms with Gasteiger partial charge < -0.3 is 9.84 Å². The number of hydrogen-bond acceptors (Lipinski definition) is 4. The Bertz CT molecular complexity index is 1090. The highest BCUT2D eigenvalue weighted by atomic mass is 19.1. The van der Waals surface area contributed by atoms with Crippen LogP contribution in [-0.4, -0.2) is 16.0 Å². The number of carbonyl (C=O) groups excluding carboxylic acids is 1. The normalized spacial score (nSPS) is 10.6. The SMILES string of the molecule is O=C(NCc1nc(-c2ccccc2F)no1)c1ccc(-c2ccccc2)cc1. The molecule has 4 rings (SSSR count). The summed E-state index contributed by atoms with van der Waals surface area (Å²) in [6.07, 6.45) is 0. The lowest BCUT2D eigenvalue weighted by Crippen LogP contribution is -2.22. The molecule has 1 aromatic heterocycles. The van der Waals surface area contributed by atoms with Crippen LogP contribution < -0.4 is 5.32 Å². The Morgan fingerprint density at radius 1 is 0.893 bits per heavy atom. The zero-order valence-electron chi connectivity index (χ0n) is 14.8. The van der Waals surface area contributed by atoms with Crippen molar-refractivity contribution in [3.8, 4) is 22.5 Å². The van der Waals surface area contributed by atoms with Crippen LogP contribution in [0.3, 0.4) is 0 Å². The van der Waals surface area contributed by atoms with Crippen molar-refractivity contribution in [1.82, 2.24) is 15.5 Å². The first kappa shape index (κ1) is 17.6. The van der Waals surface area contributed by atoms with E-state index < -0.39 is 5.82 Å². The van der Waals surface area contributed by atoms with E-state index in [1.165, 1.54) is 6.07 Å². The highest BCUT2D eigenvalue weighted by Crippen LogP contribution is 2.20. The Morgan fingerprint density at radius 2 is 1.57 bits per heavy atom. The summed E-state index contributed by atoms with van der Waals surface area (Å²) >= 11 is 0. The minimum atomic E-state index is -0.433. The molecule has 6 heteroatoms. The van der Waals surface area contributed by atoms with E-state index in [0.29, 0.717) is 5.56 Å². The molecule has 0 saturated heterocycles. The van der Waals surface area contributed by atoms with E-state index in [1.807, 2.05) is 42.5 Å². The molecule has 0 spiro atoms. The molecule has 1 heterocycles. The van der Waals surface area contributed by atoms with E-state index in [0.717, 1.165) is 11.1 Å². The van der Waals surface area contributed by atoms with Gasteiger partial charge in [0.2, 0.25) is 11.7 Å². The van der Waals surface area contributed by atoms with Gasteiger partial charge in [0.15, 0.2) is 0 Å². The summed E-state index contributed by atoms with van der Waals surface area (Å²) in [5, 5.41) is 6.49. The Hall–Kier alpha value is -3.80. The number of nitrogens with zero attached hydrogens (tertiary/aromatic N) is 2.